The van der Waals surface area contributed by atoms with Crippen LogP contribution in [0.3, 0.4) is 0 Å². The van der Waals surface area contributed by atoms with Gasteiger partial charge in [0.2, 0.25) is 11.8 Å². The molecule has 0 saturated carbocycles. The summed E-state index contributed by atoms with van der Waals surface area (Å²) in [5, 5.41) is 0. The van der Waals surface area contributed by atoms with Crippen molar-refractivity contribution in [3.8, 4) is 0 Å². The molecule has 0 aliphatic carbocycles. The lowest BCUT2D eigenvalue weighted by Crippen LogP contribution is -2.73. The molecule has 0 N–H and O–H groups in total. The van der Waals surface area contributed by atoms with Gasteiger partial charge in [-0.05, 0) is 42.9 Å². The smallest absolute Gasteiger partial charge is 0.332 e. The number of benzene rings is 1. The maximum atomic E-state index is 13.9. The first-order valence-electron chi connectivity index (χ1n) is 12.2. The third-order valence-electron chi connectivity index (χ3n) is 8.13. The molecule has 3 aliphatic heterocycles. The molecule has 0 bridgehead atoms. The highest BCUT2D eigenvalue weighted by Crippen LogP contribution is 2.48. The number of rotatable bonds is 2. The number of barbiturate groups is 1. The van der Waals surface area contributed by atoms with Gasteiger partial charge in [-0.15, -0.1) is 0 Å². The van der Waals surface area contributed by atoms with Crippen molar-refractivity contribution in [2.75, 3.05) is 25.5 Å². The van der Waals surface area contributed by atoms with Crippen LogP contribution in [0.4, 0.5) is 10.6 Å². The molecular formula is C27H27N5O4. The summed E-state index contributed by atoms with van der Waals surface area (Å²) in [6, 6.07) is 14.4. The summed E-state index contributed by atoms with van der Waals surface area (Å²) >= 11 is 0. The first kappa shape index (κ1) is 22.5. The summed E-state index contributed by atoms with van der Waals surface area (Å²) in [4.78, 5) is 62.9. The number of fused-ring (bicyclic) bond motifs is 5. The fourth-order valence-corrected chi connectivity index (χ4v) is 6.32. The zero-order valence-electron chi connectivity index (χ0n) is 20.3. The van der Waals surface area contributed by atoms with Gasteiger partial charge in [-0.1, -0.05) is 36.4 Å². The van der Waals surface area contributed by atoms with Gasteiger partial charge in [-0.25, -0.2) is 9.78 Å². The third kappa shape index (κ3) is 3.04. The van der Waals surface area contributed by atoms with Gasteiger partial charge in [0.1, 0.15) is 11.5 Å². The minimum absolute atomic E-state index is 0.0785. The van der Waals surface area contributed by atoms with Crippen molar-refractivity contribution in [3.63, 3.8) is 0 Å². The molecule has 0 radical (unpaired) electrons. The number of anilines is 1. The van der Waals surface area contributed by atoms with Crippen molar-refractivity contribution in [1.82, 2.24) is 19.2 Å². The number of carbonyl (C=O) groups excluding carboxylic acids is 3. The number of urea groups is 1. The zero-order valence-corrected chi connectivity index (χ0v) is 20.3. The quantitative estimate of drug-likeness (QED) is 0.516. The van der Waals surface area contributed by atoms with E-state index in [0.717, 1.165) is 22.6 Å². The number of imide groups is 2. The van der Waals surface area contributed by atoms with Crippen molar-refractivity contribution in [1.29, 1.82) is 0 Å². The molecule has 2 aromatic heterocycles. The zero-order chi connectivity index (χ0) is 25.2. The number of piperidine rings is 1. The Bertz CT molecular complexity index is 1440. The van der Waals surface area contributed by atoms with E-state index in [1.54, 1.807) is 18.3 Å². The van der Waals surface area contributed by atoms with E-state index in [9.17, 15) is 19.2 Å². The average Bonchev–Trinajstić information content (AvgIpc) is 2.91. The summed E-state index contributed by atoms with van der Waals surface area (Å²) in [6.07, 6.45) is 3.81. The van der Waals surface area contributed by atoms with Gasteiger partial charge in [0.25, 0.3) is 5.56 Å². The third-order valence-corrected chi connectivity index (χ3v) is 8.13. The number of pyridine rings is 1. The van der Waals surface area contributed by atoms with Crippen LogP contribution in [0.5, 0.6) is 0 Å². The Hall–Kier alpha value is -4.01. The van der Waals surface area contributed by atoms with Crippen LogP contribution in [0.15, 0.2) is 59.5 Å². The number of aromatic nitrogens is 2. The van der Waals surface area contributed by atoms with E-state index in [-0.39, 0.29) is 17.9 Å². The summed E-state index contributed by atoms with van der Waals surface area (Å²) < 4.78 is 1.45. The highest BCUT2D eigenvalue weighted by atomic mass is 16.2. The maximum Gasteiger partial charge on any atom is 0.332 e. The molecule has 5 heterocycles. The van der Waals surface area contributed by atoms with Crippen molar-refractivity contribution < 1.29 is 14.4 Å². The number of hydrogen-bond donors (Lipinski definition) is 0. The highest BCUT2D eigenvalue weighted by molar-refractivity contribution is 6.20. The monoisotopic (exact) mass is 485 g/mol. The largest absolute Gasteiger partial charge is 0.352 e. The van der Waals surface area contributed by atoms with E-state index in [1.807, 2.05) is 29.2 Å². The molecule has 3 aromatic rings. The maximum absolute atomic E-state index is 13.9. The van der Waals surface area contributed by atoms with Crippen LogP contribution in [0.2, 0.25) is 0 Å². The molecule has 36 heavy (non-hydrogen) atoms. The van der Waals surface area contributed by atoms with Crippen LogP contribution in [-0.4, -0.2) is 63.7 Å². The molecule has 6 rings (SSSR count). The highest BCUT2D eigenvalue weighted by Gasteiger charge is 2.64. The van der Waals surface area contributed by atoms with Crippen LogP contribution >= 0.6 is 0 Å². The van der Waals surface area contributed by atoms with E-state index in [0.29, 0.717) is 30.0 Å². The van der Waals surface area contributed by atoms with Crippen LogP contribution < -0.4 is 10.5 Å². The molecule has 2 fully saturated rings. The van der Waals surface area contributed by atoms with Crippen molar-refractivity contribution in [3.05, 3.63) is 76.2 Å². The van der Waals surface area contributed by atoms with Crippen LogP contribution in [0.1, 0.15) is 24.0 Å². The first-order chi connectivity index (χ1) is 17.3. The predicted octanol–water partition coefficient (Wildman–Crippen LogP) is 2.12. The minimum atomic E-state index is -1.57. The predicted molar refractivity (Wildman–Crippen MR) is 133 cm³/mol. The molecule has 1 spiro atoms. The Morgan fingerprint density at radius 2 is 1.64 bits per heavy atom. The molecule has 9 heteroatoms. The lowest BCUT2D eigenvalue weighted by molar-refractivity contribution is -0.160. The average molecular weight is 486 g/mol. The van der Waals surface area contributed by atoms with Gasteiger partial charge in [-0.2, -0.15) is 0 Å². The first-order valence-corrected chi connectivity index (χ1v) is 12.2. The molecule has 2 saturated heterocycles. The van der Waals surface area contributed by atoms with E-state index < -0.39 is 29.3 Å². The van der Waals surface area contributed by atoms with E-state index in [4.69, 9.17) is 4.98 Å². The normalized spacial score (nSPS) is 23.3. The fourth-order valence-electron chi connectivity index (χ4n) is 6.32. The number of hydrogen-bond acceptors (Lipinski definition) is 6. The van der Waals surface area contributed by atoms with Gasteiger partial charge in [0.15, 0.2) is 5.41 Å². The van der Waals surface area contributed by atoms with Gasteiger partial charge in [-0.3, -0.25) is 28.6 Å². The Labute approximate surface area is 207 Å². The summed E-state index contributed by atoms with van der Waals surface area (Å²) in [7, 11) is 2.82. The number of nitrogens with zero attached hydrogens (tertiary/aromatic N) is 5. The second-order valence-corrected chi connectivity index (χ2v) is 10.1. The lowest BCUT2D eigenvalue weighted by Gasteiger charge is -2.55. The topological polar surface area (TPSA) is 95.3 Å². The Balaban J connectivity index is 1.52. The Morgan fingerprint density at radius 1 is 0.944 bits per heavy atom. The number of amides is 4. The molecule has 2 atom stereocenters. The van der Waals surface area contributed by atoms with E-state index in [2.05, 4.69) is 12.1 Å². The Kier molecular flexibility index (Phi) is 5.00. The Morgan fingerprint density at radius 3 is 2.36 bits per heavy atom. The standard InChI is InChI=1S/C27H27N5O4/c1-29-24(34)27(25(35)30(2)26(29)36)16-19-22(28-21-10-6-7-12-32(21)23(19)33)31-13-11-18(15-20(27)31)14-17-8-4-3-5-9-17/h3-10,12,18,20H,11,13-16H2,1-2H3/t18-,20+/m0/s1. The fraction of sp³-hybridized carbons (Fsp3) is 0.370. The summed E-state index contributed by atoms with van der Waals surface area (Å²) in [6.45, 7) is 0.564. The molecule has 4 amide bonds. The summed E-state index contributed by atoms with van der Waals surface area (Å²) in [5.41, 5.74) is 0.211. The van der Waals surface area contributed by atoms with E-state index in [1.165, 1.54) is 24.1 Å². The molecule has 184 valence electrons. The van der Waals surface area contributed by atoms with Crippen molar-refractivity contribution in [2.24, 2.45) is 11.3 Å². The lowest BCUT2D eigenvalue weighted by atomic mass is 9.64. The van der Waals surface area contributed by atoms with Gasteiger partial charge < -0.3 is 4.90 Å². The molecule has 0 unspecified atom stereocenters. The van der Waals surface area contributed by atoms with E-state index >= 15 is 0 Å². The summed E-state index contributed by atoms with van der Waals surface area (Å²) in [5.74, 6) is -0.311. The molecule has 1 aromatic carbocycles. The van der Waals surface area contributed by atoms with Crippen LogP contribution in [-0.2, 0) is 22.4 Å². The second kappa shape index (κ2) is 8.01. The number of carbonyl (C=O) groups is 3. The second-order valence-electron chi connectivity index (χ2n) is 10.1. The van der Waals surface area contributed by atoms with Gasteiger partial charge >= 0.3 is 6.03 Å². The van der Waals surface area contributed by atoms with Crippen molar-refractivity contribution >= 4 is 29.3 Å². The van der Waals surface area contributed by atoms with Crippen molar-refractivity contribution in [2.45, 2.75) is 31.7 Å². The minimum Gasteiger partial charge on any atom is -0.352 e. The SMILES string of the molecule is CN1C(=O)N(C)C(=O)C2(Cc3c(nc4ccccn4c3=O)N3CC[C@@H](Cc4ccccc4)C[C@@H]32)C1=O. The van der Waals surface area contributed by atoms with Gasteiger partial charge in [0, 0.05) is 33.3 Å². The molecular weight excluding hydrogens is 458 g/mol. The molecule has 3 aliphatic rings. The molecule has 9 nitrogen and oxygen atoms in total. The van der Waals surface area contributed by atoms with Gasteiger partial charge in [0.05, 0.1) is 11.6 Å². The van der Waals surface area contributed by atoms with Crippen LogP contribution in [0, 0.1) is 11.3 Å². The van der Waals surface area contributed by atoms with Crippen LogP contribution in [0.25, 0.3) is 5.65 Å².